The summed E-state index contributed by atoms with van der Waals surface area (Å²) in [6.07, 6.45) is 0.850. The predicted molar refractivity (Wildman–Crippen MR) is 123 cm³/mol. The van der Waals surface area contributed by atoms with E-state index >= 15 is 0 Å². The summed E-state index contributed by atoms with van der Waals surface area (Å²) in [5, 5.41) is 0.120. The lowest BCUT2D eigenvalue weighted by Gasteiger charge is -2.19. The van der Waals surface area contributed by atoms with Gasteiger partial charge in [-0.1, -0.05) is 75.4 Å². The third-order valence-electron chi connectivity index (χ3n) is 5.69. The molecular weight excluding hydrogens is 373 g/mol. The van der Waals surface area contributed by atoms with Gasteiger partial charge in [-0.2, -0.15) is 0 Å². The van der Waals surface area contributed by atoms with Gasteiger partial charge in [0.1, 0.15) is 5.82 Å². The lowest BCUT2D eigenvalue weighted by molar-refractivity contribution is 0.590. The van der Waals surface area contributed by atoms with Crippen LogP contribution < -0.4 is 5.43 Å². The van der Waals surface area contributed by atoms with Gasteiger partial charge >= 0.3 is 0 Å². The van der Waals surface area contributed by atoms with Crippen LogP contribution in [-0.2, 0) is 11.8 Å². The predicted octanol–water partition coefficient (Wildman–Crippen LogP) is 6.53. The third-order valence-corrected chi connectivity index (χ3v) is 5.69. The number of halogens is 1. The summed E-state index contributed by atoms with van der Waals surface area (Å²) in [6.45, 7) is 8.39. The fraction of sp³-hybridized carbons (Fsp3) is 0.222. The van der Waals surface area contributed by atoms with Crippen molar-refractivity contribution in [2.75, 3.05) is 0 Å². The standard InChI is InChI=1S/C27H26FNO/c1-17-25(29-23-7-5-6-22(28)24(23)26(17)30)20-12-8-18(9-13-20)16-19-10-14-21(15-11-19)27(2,3)4/h5-15H,16H2,1-4H3,(H,29,30). The smallest absolute Gasteiger partial charge is 0.195 e. The van der Waals surface area contributed by atoms with Crippen LogP contribution >= 0.6 is 0 Å². The van der Waals surface area contributed by atoms with E-state index in [1.807, 2.05) is 12.1 Å². The van der Waals surface area contributed by atoms with Crippen LogP contribution in [0.3, 0.4) is 0 Å². The summed E-state index contributed by atoms with van der Waals surface area (Å²) < 4.78 is 14.1. The first kappa shape index (κ1) is 20.1. The minimum atomic E-state index is -0.490. The van der Waals surface area contributed by atoms with Crippen molar-refractivity contribution in [2.45, 2.75) is 39.5 Å². The summed E-state index contributed by atoms with van der Waals surface area (Å²) >= 11 is 0. The Bertz CT molecular complexity index is 1260. The quantitative estimate of drug-likeness (QED) is 0.417. The molecule has 4 rings (SSSR count). The molecular formula is C27H26FNO. The first-order valence-corrected chi connectivity index (χ1v) is 10.2. The van der Waals surface area contributed by atoms with Crippen molar-refractivity contribution in [1.29, 1.82) is 0 Å². The maximum absolute atomic E-state index is 14.1. The number of aromatic amines is 1. The number of fused-ring (bicyclic) bond motifs is 1. The highest BCUT2D eigenvalue weighted by atomic mass is 19.1. The molecule has 3 aromatic carbocycles. The van der Waals surface area contributed by atoms with Gasteiger partial charge in [-0.05, 0) is 53.1 Å². The van der Waals surface area contributed by atoms with Crippen LogP contribution in [0.15, 0.2) is 71.5 Å². The van der Waals surface area contributed by atoms with E-state index < -0.39 is 5.82 Å². The van der Waals surface area contributed by atoms with E-state index in [1.165, 1.54) is 22.8 Å². The maximum atomic E-state index is 14.1. The third kappa shape index (κ3) is 3.80. The molecule has 0 saturated carbocycles. The lowest BCUT2D eigenvalue weighted by Crippen LogP contribution is -2.11. The molecule has 0 aliphatic carbocycles. The van der Waals surface area contributed by atoms with Crippen LogP contribution in [0.2, 0.25) is 0 Å². The molecule has 0 aliphatic heterocycles. The van der Waals surface area contributed by atoms with Crippen molar-refractivity contribution in [3.05, 3.63) is 105 Å². The Morgan fingerprint density at radius 2 is 1.47 bits per heavy atom. The van der Waals surface area contributed by atoms with Crippen molar-refractivity contribution in [1.82, 2.24) is 4.98 Å². The molecule has 1 aromatic heterocycles. The SMILES string of the molecule is Cc1c(-c2ccc(Cc3ccc(C(C)(C)C)cc3)cc2)[nH]c2cccc(F)c2c1=O. The van der Waals surface area contributed by atoms with Gasteiger partial charge in [-0.3, -0.25) is 4.79 Å². The highest BCUT2D eigenvalue weighted by Gasteiger charge is 2.14. The minimum Gasteiger partial charge on any atom is -0.354 e. The molecule has 152 valence electrons. The fourth-order valence-electron chi connectivity index (χ4n) is 3.82. The van der Waals surface area contributed by atoms with Gasteiger partial charge in [0, 0.05) is 5.56 Å². The van der Waals surface area contributed by atoms with Crippen molar-refractivity contribution < 1.29 is 4.39 Å². The van der Waals surface area contributed by atoms with E-state index in [9.17, 15) is 9.18 Å². The largest absolute Gasteiger partial charge is 0.354 e. The molecule has 4 aromatic rings. The Labute approximate surface area is 176 Å². The number of nitrogens with one attached hydrogen (secondary N) is 1. The normalized spacial score (nSPS) is 11.8. The zero-order valence-electron chi connectivity index (χ0n) is 17.8. The summed E-state index contributed by atoms with van der Waals surface area (Å²) in [5.74, 6) is -0.490. The first-order chi connectivity index (χ1) is 14.2. The average molecular weight is 400 g/mol. The van der Waals surface area contributed by atoms with Gasteiger partial charge in [0.25, 0.3) is 0 Å². The summed E-state index contributed by atoms with van der Waals surface area (Å²) in [4.78, 5) is 15.9. The van der Waals surface area contributed by atoms with Crippen molar-refractivity contribution in [2.24, 2.45) is 0 Å². The van der Waals surface area contributed by atoms with Crippen LogP contribution in [0.25, 0.3) is 22.2 Å². The number of pyridine rings is 1. The first-order valence-electron chi connectivity index (χ1n) is 10.2. The number of hydrogen-bond acceptors (Lipinski definition) is 1. The van der Waals surface area contributed by atoms with Gasteiger partial charge in [-0.15, -0.1) is 0 Å². The van der Waals surface area contributed by atoms with E-state index in [4.69, 9.17) is 0 Å². The van der Waals surface area contributed by atoms with Crippen LogP contribution in [0.1, 0.15) is 43.0 Å². The molecule has 0 spiro atoms. The molecule has 0 aliphatic rings. The van der Waals surface area contributed by atoms with Crippen LogP contribution in [0, 0.1) is 12.7 Å². The van der Waals surface area contributed by atoms with Gasteiger partial charge in [-0.25, -0.2) is 4.39 Å². The minimum absolute atomic E-state index is 0.120. The molecule has 1 heterocycles. The molecule has 0 radical (unpaired) electrons. The number of H-pyrrole nitrogens is 1. The Kier molecular flexibility index (Phi) is 5.07. The molecule has 0 amide bonds. The molecule has 30 heavy (non-hydrogen) atoms. The maximum Gasteiger partial charge on any atom is 0.195 e. The van der Waals surface area contributed by atoms with E-state index in [0.29, 0.717) is 11.1 Å². The molecule has 0 bridgehead atoms. The molecule has 0 saturated heterocycles. The summed E-state index contributed by atoms with van der Waals surface area (Å²) in [6, 6.07) is 21.6. The molecule has 3 heteroatoms. The second-order valence-corrected chi connectivity index (χ2v) is 8.94. The zero-order chi connectivity index (χ0) is 21.5. The average Bonchev–Trinajstić information content (AvgIpc) is 2.71. The summed E-state index contributed by atoms with van der Waals surface area (Å²) in [7, 11) is 0. The van der Waals surface area contributed by atoms with E-state index in [-0.39, 0.29) is 16.2 Å². The molecule has 0 unspecified atom stereocenters. The van der Waals surface area contributed by atoms with E-state index in [2.05, 4.69) is 62.2 Å². The number of rotatable bonds is 3. The number of benzene rings is 3. The van der Waals surface area contributed by atoms with Crippen molar-refractivity contribution in [3.8, 4) is 11.3 Å². The molecule has 2 nitrogen and oxygen atoms in total. The van der Waals surface area contributed by atoms with Crippen molar-refractivity contribution >= 4 is 10.9 Å². The Morgan fingerprint density at radius 1 is 0.867 bits per heavy atom. The van der Waals surface area contributed by atoms with Crippen molar-refractivity contribution in [3.63, 3.8) is 0 Å². The molecule has 0 fully saturated rings. The Hall–Kier alpha value is -3.20. The van der Waals surface area contributed by atoms with E-state index in [1.54, 1.807) is 19.1 Å². The monoisotopic (exact) mass is 399 g/mol. The van der Waals surface area contributed by atoms with Gasteiger partial charge in [0.05, 0.1) is 16.6 Å². The fourth-order valence-corrected chi connectivity index (χ4v) is 3.82. The van der Waals surface area contributed by atoms with Crippen LogP contribution in [0.5, 0.6) is 0 Å². The Morgan fingerprint density at radius 3 is 2.07 bits per heavy atom. The van der Waals surface area contributed by atoms with Gasteiger partial charge in [0.2, 0.25) is 0 Å². The van der Waals surface area contributed by atoms with Gasteiger partial charge < -0.3 is 4.98 Å². The van der Waals surface area contributed by atoms with Crippen LogP contribution in [-0.4, -0.2) is 4.98 Å². The number of hydrogen-bond donors (Lipinski definition) is 1. The second-order valence-electron chi connectivity index (χ2n) is 8.94. The molecule has 1 N–H and O–H groups in total. The zero-order valence-corrected chi connectivity index (χ0v) is 17.8. The molecule has 0 atom stereocenters. The highest BCUT2D eigenvalue weighted by molar-refractivity contribution is 5.83. The lowest BCUT2D eigenvalue weighted by atomic mass is 9.86. The number of aromatic nitrogens is 1. The topological polar surface area (TPSA) is 32.9 Å². The van der Waals surface area contributed by atoms with Crippen LogP contribution in [0.4, 0.5) is 4.39 Å². The van der Waals surface area contributed by atoms with E-state index in [0.717, 1.165) is 17.7 Å². The second kappa shape index (κ2) is 7.56. The summed E-state index contributed by atoms with van der Waals surface area (Å²) in [5.41, 5.74) is 6.38. The highest BCUT2D eigenvalue weighted by Crippen LogP contribution is 2.25. The van der Waals surface area contributed by atoms with Gasteiger partial charge in [0.15, 0.2) is 5.43 Å². The Balaban J connectivity index is 1.63.